The van der Waals surface area contributed by atoms with Crippen molar-refractivity contribution in [3.05, 3.63) is 172 Å². The molecule has 0 saturated carbocycles. The van der Waals surface area contributed by atoms with E-state index in [0.29, 0.717) is 20.6 Å². The molecule has 0 saturated heterocycles. The molecule has 0 spiro atoms. The molecule has 0 aliphatic carbocycles. The van der Waals surface area contributed by atoms with Crippen LogP contribution in [0.2, 0.25) is 58.9 Å². The Morgan fingerprint density at radius 1 is 0.303 bits per heavy atom. The number of rotatable bonds is 15. The van der Waals surface area contributed by atoms with Gasteiger partial charge >= 0.3 is 0 Å². The van der Waals surface area contributed by atoms with Gasteiger partial charge < -0.3 is 0 Å². The Kier molecular flexibility index (Phi) is 21.4. The van der Waals surface area contributed by atoms with Gasteiger partial charge in [0.05, 0.1) is 24.2 Å². The molecule has 0 unspecified atom stereocenters. The molecule has 0 aliphatic rings. The summed E-state index contributed by atoms with van der Waals surface area (Å²) >= 11 is 0. The van der Waals surface area contributed by atoms with Crippen molar-refractivity contribution < 1.29 is 0 Å². The summed E-state index contributed by atoms with van der Waals surface area (Å²) in [6, 6.07) is 49.6. The number of benzene rings is 6. The minimum absolute atomic E-state index is 0.200. The van der Waals surface area contributed by atoms with Crippen LogP contribution in [0.25, 0.3) is 0 Å². The van der Waals surface area contributed by atoms with Crippen LogP contribution in [0.3, 0.4) is 0 Å². The predicted molar refractivity (Wildman–Crippen MR) is 367 cm³/mol. The van der Waals surface area contributed by atoms with E-state index in [0.717, 1.165) is 12.3 Å². The highest BCUT2D eigenvalue weighted by molar-refractivity contribution is 7.73. The molecule has 0 aromatic heterocycles. The first-order chi connectivity index (χ1) is 34.8. The molecule has 76 heavy (non-hydrogen) atoms. The van der Waals surface area contributed by atoms with Gasteiger partial charge in [-0.25, -0.2) is 0 Å². The molecule has 6 aromatic rings. The van der Waals surface area contributed by atoms with Crippen LogP contribution in [0, 0.1) is 27.7 Å². The van der Waals surface area contributed by atoms with Gasteiger partial charge in [-0.1, -0.05) is 301 Å². The second kappa shape index (κ2) is 25.2. The van der Waals surface area contributed by atoms with Crippen LogP contribution >= 0.6 is 31.7 Å². The van der Waals surface area contributed by atoms with E-state index >= 15 is 0 Å². The average Bonchev–Trinajstić information content (AvgIpc) is 3.27. The predicted octanol–water partition coefficient (Wildman–Crippen LogP) is 18.7. The highest BCUT2D eigenvalue weighted by atomic mass is 31.1. The topological polar surface area (TPSA) is 0 Å². The lowest BCUT2D eigenvalue weighted by atomic mass is 10.1. The van der Waals surface area contributed by atoms with Gasteiger partial charge in [0.15, 0.2) is 0 Å². The van der Waals surface area contributed by atoms with E-state index in [4.69, 9.17) is 0 Å². The molecular weight excluding hydrogens is 1040 g/mol. The van der Waals surface area contributed by atoms with Gasteiger partial charge in [-0.15, -0.1) is 0 Å². The smallest absolute Gasteiger partial charge is 0.0776 e. The Bertz CT molecular complexity index is 2770. The normalized spacial score (nSPS) is 13.2. The number of hydrogen-bond acceptors (Lipinski definition) is 0. The summed E-state index contributed by atoms with van der Waals surface area (Å²) in [7, 11) is -5.93. The first-order valence-corrected chi connectivity index (χ1v) is 45.0. The first kappa shape index (κ1) is 64.5. The van der Waals surface area contributed by atoms with Crippen molar-refractivity contribution in [3.63, 3.8) is 0 Å². The molecule has 6 aromatic carbocycles. The third-order valence-electron chi connectivity index (χ3n) is 15.2. The van der Waals surface area contributed by atoms with Crippen molar-refractivity contribution in [2.24, 2.45) is 0 Å². The van der Waals surface area contributed by atoms with E-state index in [2.05, 4.69) is 297 Å². The van der Waals surface area contributed by atoms with Crippen LogP contribution in [-0.2, 0) is 24.6 Å². The Hall–Kier alpha value is -2.31. The third kappa shape index (κ3) is 17.1. The molecule has 0 bridgehead atoms. The summed E-state index contributed by atoms with van der Waals surface area (Å²) in [4.78, 5) is 0. The zero-order chi connectivity index (χ0) is 57.1. The molecule has 0 atom stereocenters. The molecule has 0 amide bonds. The fourth-order valence-electron chi connectivity index (χ4n) is 11.3. The maximum atomic E-state index is 2.74. The summed E-state index contributed by atoms with van der Waals surface area (Å²) < 4.78 is 0. The van der Waals surface area contributed by atoms with Crippen LogP contribution < -0.4 is 36.8 Å². The summed E-state index contributed by atoms with van der Waals surface area (Å²) in [6.45, 7) is 61.6. The van der Waals surface area contributed by atoms with Crippen LogP contribution in [0.15, 0.2) is 127 Å². The summed E-state index contributed by atoms with van der Waals surface area (Å²) in [5.74, 6) is 0. The van der Waals surface area contributed by atoms with Crippen LogP contribution in [0.5, 0.6) is 0 Å². The van der Waals surface area contributed by atoms with Gasteiger partial charge in [0.1, 0.15) is 0 Å². The van der Waals surface area contributed by atoms with Gasteiger partial charge in [-0.05, 0) is 142 Å². The standard InChI is InChI=1S/C36H56P2Si2.C33H48P2Si/c1-27-19-15-17-21-31(27)37(32-22-18-16-20-28(32)2)25-29-23-33(39(9,10)11)34(40(12,13)14)24-30(29)26-38(35(3,4)5)36(6,7)8;1-25-16-12-14-18-30(25)34(31-19-15-13-17-26(31)2)23-28-22-29(36(9,10)11)21-20-27(28)24-35(32(3,4)5)33(6,7)8/h15-24H,25-26H2,1-14H3;12-22H,23-24H2,1-11H3. The van der Waals surface area contributed by atoms with E-state index in [1.54, 1.807) is 37.8 Å². The lowest BCUT2D eigenvalue weighted by Gasteiger charge is -2.42. The van der Waals surface area contributed by atoms with E-state index in [9.17, 15) is 0 Å². The monoisotopic (exact) mass is 1140 g/mol. The SMILES string of the molecule is Cc1ccccc1P(Cc1cc([Si](C)(C)C)c([Si](C)(C)C)cc1CP(C(C)(C)C)C(C)(C)C)c1ccccc1C.Cc1ccccc1P(Cc1cc([Si](C)(C)C)ccc1CP(C(C)(C)C)C(C)(C)C)c1ccccc1C. The molecule has 0 nitrogen and oxygen atoms in total. The fourth-order valence-corrected chi connectivity index (χ4v) is 30.5. The van der Waals surface area contributed by atoms with Crippen molar-refractivity contribution in [2.45, 2.75) is 215 Å². The average molecular weight is 1140 g/mol. The van der Waals surface area contributed by atoms with Crippen LogP contribution in [0.4, 0.5) is 0 Å². The Labute approximate surface area is 476 Å². The van der Waals surface area contributed by atoms with Gasteiger partial charge in [0, 0.05) is 12.3 Å². The molecular formula is C69H104P4Si3. The summed E-state index contributed by atoms with van der Waals surface area (Å²) in [5, 5.41) is 12.4. The maximum absolute atomic E-state index is 2.74. The van der Waals surface area contributed by atoms with E-state index in [1.165, 1.54) is 55.8 Å². The summed E-state index contributed by atoms with van der Waals surface area (Å²) in [6.07, 6.45) is 4.66. The first-order valence-electron chi connectivity index (χ1n) is 28.4. The minimum atomic E-state index is -1.54. The van der Waals surface area contributed by atoms with E-state index in [1.807, 2.05) is 0 Å². The van der Waals surface area contributed by atoms with Crippen molar-refractivity contribution >= 4 is 92.7 Å². The largest absolute Gasteiger partial charge is 0.0911 e. The quantitative estimate of drug-likeness (QED) is 0.0710. The third-order valence-corrected chi connectivity index (χ3v) is 35.0. The fraction of sp³-hybridized carbons (Fsp3) is 0.478. The number of hydrogen-bond donors (Lipinski definition) is 0. The van der Waals surface area contributed by atoms with Crippen LogP contribution in [-0.4, -0.2) is 44.8 Å². The van der Waals surface area contributed by atoms with Crippen LogP contribution in [0.1, 0.15) is 128 Å². The molecule has 0 aliphatic heterocycles. The highest BCUT2D eigenvalue weighted by Gasteiger charge is 2.38. The van der Waals surface area contributed by atoms with Crippen molar-refractivity contribution in [1.82, 2.24) is 0 Å². The van der Waals surface area contributed by atoms with E-state index < -0.39 is 40.1 Å². The molecule has 412 valence electrons. The minimum Gasteiger partial charge on any atom is -0.0911 e. The van der Waals surface area contributed by atoms with Gasteiger partial charge in [0.25, 0.3) is 0 Å². The molecule has 0 N–H and O–H groups in total. The van der Waals surface area contributed by atoms with Crippen molar-refractivity contribution in [1.29, 1.82) is 0 Å². The maximum Gasteiger partial charge on any atom is 0.0776 e. The number of aryl methyl sites for hydroxylation is 4. The zero-order valence-electron chi connectivity index (χ0n) is 52.7. The molecule has 0 heterocycles. The van der Waals surface area contributed by atoms with E-state index in [-0.39, 0.29) is 15.8 Å². The van der Waals surface area contributed by atoms with Gasteiger partial charge in [-0.3, -0.25) is 0 Å². The summed E-state index contributed by atoms with van der Waals surface area (Å²) in [5.41, 5.74) is 12.1. The van der Waals surface area contributed by atoms with Crippen molar-refractivity contribution in [3.8, 4) is 0 Å². The Morgan fingerprint density at radius 2 is 0.566 bits per heavy atom. The Morgan fingerprint density at radius 3 is 0.829 bits per heavy atom. The molecule has 0 fully saturated rings. The second-order valence-corrected chi connectivity index (χ2v) is 56.2. The zero-order valence-corrected chi connectivity index (χ0v) is 59.3. The lowest BCUT2D eigenvalue weighted by molar-refractivity contribution is 0.702. The molecule has 7 heteroatoms. The van der Waals surface area contributed by atoms with Gasteiger partial charge in [0.2, 0.25) is 0 Å². The highest BCUT2D eigenvalue weighted by Crippen LogP contribution is 2.63. The molecule has 0 radical (unpaired) electrons. The second-order valence-electron chi connectivity index (χ2n) is 29.1. The van der Waals surface area contributed by atoms with Crippen molar-refractivity contribution in [2.75, 3.05) is 0 Å². The molecule has 6 rings (SSSR count). The van der Waals surface area contributed by atoms with Gasteiger partial charge in [-0.2, -0.15) is 0 Å². The Balaban J connectivity index is 0.000000282. The lowest BCUT2D eigenvalue weighted by Crippen LogP contribution is -2.56.